The Bertz CT molecular complexity index is 190. The van der Waals surface area contributed by atoms with E-state index >= 15 is 0 Å². The summed E-state index contributed by atoms with van der Waals surface area (Å²) in [5.74, 6) is 0. The molecule has 0 heterocycles. The highest BCUT2D eigenvalue weighted by atomic mass is 16.5. The molecule has 0 bridgehead atoms. The third kappa shape index (κ3) is 2.76. The summed E-state index contributed by atoms with van der Waals surface area (Å²) in [7, 11) is 0. The van der Waals surface area contributed by atoms with Crippen LogP contribution in [0.25, 0.3) is 0 Å². The smallest absolute Gasteiger partial charge is 0.0704 e. The normalized spacial score (nSPS) is 27.8. The van der Waals surface area contributed by atoms with Crippen molar-refractivity contribution in [3.63, 3.8) is 0 Å². The molecular formula is C13H26O3. The van der Waals surface area contributed by atoms with E-state index in [2.05, 4.69) is 20.8 Å². The summed E-state index contributed by atoms with van der Waals surface area (Å²) < 4.78 is 11.2. The lowest BCUT2D eigenvalue weighted by Crippen LogP contribution is -2.57. The van der Waals surface area contributed by atoms with Crippen molar-refractivity contribution < 1.29 is 14.6 Å². The molecule has 16 heavy (non-hydrogen) atoms. The molecule has 0 radical (unpaired) electrons. The van der Waals surface area contributed by atoms with E-state index in [0.29, 0.717) is 13.2 Å². The lowest BCUT2D eigenvalue weighted by molar-refractivity contribution is -0.199. The van der Waals surface area contributed by atoms with Gasteiger partial charge in [-0.1, -0.05) is 20.8 Å². The molecule has 0 spiro atoms. The first-order chi connectivity index (χ1) is 7.71. The Kier molecular flexibility index (Phi) is 5.73. The van der Waals surface area contributed by atoms with Gasteiger partial charge in [-0.25, -0.2) is 0 Å². The van der Waals surface area contributed by atoms with Crippen LogP contribution in [-0.2, 0) is 9.47 Å². The number of aliphatic hydroxyl groups excluding tert-OH is 1. The molecule has 0 amide bonds. The molecule has 1 fully saturated rings. The minimum atomic E-state index is -0.177. The van der Waals surface area contributed by atoms with Crippen LogP contribution in [0.15, 0.2) is 0 Å². The van der Waals surface area contributed by atoms with E-state index in [4.69, 9.17) is 9.47 Å². The van der Waals surface area contributed by atoms with Crippen molar-refractivity contribution in [1.29, 1.82) is 0 Å². The molecule has 1 rings (SSSR count). The highest BCUT2D eigenvalue weighted by molar-refractivity contribution is 5.02. The van der Waals surface area contributed by atoms with Crippen molar-refractivity contribution in [3.05, 3.63) is 0 Å². The molecule has 0 aromatic heterocycles. The third-order valence-corrected chi connectivity index (χ3v) is 3.95. The van der Waals surface area contributed by atoms with Gasteiger partial charge < -0.3 is 14.6 Å². The first-order valence-corrected chi connectivity index (χ1v) is 6.58. The van der Waals surface area contributed by atoms with E-state index < -0.39 is 0 Å². The van der Waals surface area contributed by atoms with Gasteiger partial charge in [-0.05, 0) is 19.3 Å². The van der Waals surface area contributed by atoms with E-state index in [1.54, 1.807) is 0 Å². The molecule has 0 saturated heterocycles. The van der Waals surface area contributed by atoms with Crippen LogP contribution in [0.3, 0.4) is 0 Å². The van der Waals surface area contributed by atoms with Crippen molar-refractivity contribution in [3.8, 4) is 0 Å². The number of hydrogen-bond acceptors (Lipinski definition) is 3. The minimum Gasteiger partial charge on any atom is -0.392 e. The van der Waals surface area contributed by atoms with Crippen LogP contribution >= 0.6 is 0 Å². The van der Waals surface area contributed by atoms with Crippen LogP contribution in [0.1, 0.15) is 46.5 Å². The zero-order valence-corrected chi connectivity index (χ0v) is 10.9. The van der Waals surface area contributed by atoms with Crippen molar-refractivity contribution in [2.75, 3.05) is 19.8 Å². The molecule has 0 aromatic carbocycles. The number of aliphatic hydroxyl groups is 1. The van der Waals surface area contributed by atoms with E-state index in [0.717, 1.165) is 32.3 Å². The van der Waals surface area contributed by atoms with Gasteiger partial charge in [-0.2, -0.15) is 0 Å². The van der Waals surface area contributed by atoms with Crippen molar-refractivity contribution in [2.45, 2.75) is 58.7 Å². The van der Waals surface area contributed by atoms with Crippen molar-refractivity contribution >= 4 is 0 Å². The topological polar surface area (TPSA) is 38.7 Å². The average molecular weight is 230 g/mol. The van der Waals surface area contributed by atoms with Crippen LogP contribution < -0.4 is 0 Å². The first kappa shape index (κ1) is 13.9. The summed E-state index contributed by atoms with van der Waals surface area (Å²) in [6.45, 7) is 8.50. The van der Waals surface area contributed by atoms with Gasteiger partial charge >= 0.3 is 0 Å². The zero-order valence-electron chi connectivity index (χ0n) is 10.9. The van der Waals surface area contributed by atoms with Crippen molar-refractivity contribution in [1.82, 2.24) is 0 Å². The number of hydrogen-bond donors (Lipinski definition) is 1. The monoisotopic (exact) mass is 230 g/mol. The van der Waals surface area contributed by atoms with Crippen LogP contribution in [0.2, 0.25) is 0 Å². The summed E-state index contributed by atoms with van der Waals surface area (Å²) >= 11 is 0. The second-order valence-corrected chi connectivity index (χ2v) is 4.66. The summed E-state index contributed by atoms with van der Waals surface area (Å²) in [5, 5.41) is 9.86. The van der Waals surface area contributed by atoms with E-state index in [1.165, 1.54) is 0 Å². The van der Waals surface area contributed by atoms with Crippen LogP contribution in [0.4, 0.5) is 0 Å². The van der Waals surface area contributed by atoms with Crippen LogP contribution in [0, 0.1) is 5.41 Å². The fourth-order valence-corrected chi connectivity index (χ4v) is 2.63. The summed E-state index contributed by atoms with van der Waals surface area (Å²) in [6, 6.07) is 0. The summed E-state index contributed by atoms with van der Waals surface area (Å²) in [4.78, 5) is 0. The molecule has 3 nitrogen and oxygen atoms in total. The molecular weight excluding hydrogens is 204 g/mol. The first-order valence-electron chi connectivity index (χ1n) is 6.58. The molecule has 1 aliphatic rings. The fourth-order valence-electron chi connectivity index (χ4n) is 2.63. The third-order valence-electron chi connectivity index (χ3n) is 3.95. The Labute approximate surface area is 99.1 Å². The van der Waals surface area contributed by atoms with E-state index in [1.807, 2.05) is 0 Å². The van der Waals surface area contributed by atoms with Crippen LogP contribution in [-0.4, -0.2) is 37.1 Å². The number of rotatable bonds is 8. The predicted molar refractivity (Wildman–Crippen MR) is 64.5 cm³/mol. The van der Waals surface area contributed by atoms with Gasteiger partial charge in [-0.15, -0.1) is 0 Å². The van der Waals surface area contributed by atoms with Gasteiger partial charge in [0.2, 0.25) is 0 Å². The maximum absolute atomic E-state index is 9.86. The van der Waals surface area contributed by atoms with Gasteiger partial charge in [0, 0.05) is 18.4 Å². The standard InChI is InChI=1S/C13H26O3/c1-4-7-15-8-9-16-12-10-11(14)13(12,5-2)6-3/h11-12,14H,4-10H2,1-3H3. The van der Waals surface area contributed by atoms with E-state index in [-0.39, 0.29) is 17.6 Å². The molecule has 1 N–H and O–H groups in total. The highest BCUT2D eigenvalue weighted by Gasteiger charge is 2.52. The largest absolute Gasteiger partial charge is 0.392 e. The summed E-state index contributed by atoms with van der Waals surface area (Å²) in [5.41, 5.74) is 0.00472. The van der Waals surface area contributed by atoms with Gasteiger partial charge in [0.1, 0.15) is 0 Å². The van der Waals surface area contributed by atoms with Gasteiger partial charge in [-0.3, -0.25) is 0 Å². The molecule has 1 saturated carbocycles. The maximum atomic E-state index is 9.86. The molecule has 0 aromatic rings. The second kappa shape index (κ2) is 6.58. The Morgan fingerprint density at radius 1 is 1.12 bits per heavy atom. The Morgan fingerprint density at radius 2 is 1.81 bits per heavy atom. The molecule has 2 unspecified atom stereocenters. The lowest BCUT2D eigenvalue weighted by Gasteiger charge is -2.52. The molecule has 2 atom stereocenters. The Hall–Kier alpha value is -0.120. The van der Waals surface area contributed by atoms with Gasteiger partial charge in [0.05, 0.1) is 25.4 Å². The molecule has 96 valence electrons. The van der Waals surface area contributed by atoms with Gasteiger partial charge in [0.15, 0.2) is 0 Å². The Morgan fingerprint density at radius 3 is 2.31 bits per heavy atom. The molecule has 0 aliphatic heterocycles. The summed E-state index contributed by atoms with van der Waals surface area (Å²) in [6.07, 6.45) is 3.87. The van der Waals surface area contributed by atoms with Crippen molar-refractivity contribution in [2.24, 2.45) is 5.41 Å². The van der Waals surface area contributed by atoms with E-state index in [9.17, 15) is 5.11 Å². The SMILES string of the molecule is CCCOCCOC1CC(O)C1(CC)CC. The minimum absolute atomic E-state index is 0.00472. The van der Waals surface area contributed by atoms with Gasteiger partial charge in [0.25, 0.3) is 0 Å². The number of ether oxygens (including phenoxy) is 2. The fraction of sp³-hybridized carbons (Fsp3) is 1.00. The Balaban J connectivity index is 2.22. The maximum Gasteiger partial charge on any atom is 0.0704 e. The average Bonchev–Trinajstić information content (AvgIpc) is 2.29. The highest BCUT2D eigenvalue weighted by Crippen LogP contribution is 2.48. The lowest BCUT2D eigenvalue weighted by atomic mass is 9.60. The zero-order chi connectivity index (χ0) is 12.0. The molecule has 3 heteroatoms. The quantitative estimate of drug-likeness (QED) is 0.651. The molecule has 1 aliphatic carbocycles. The second-order valence-electron chi connectivity index (χ2n) is 4.66. The van der Waals surface area contributed by atoms with Crippen LogP contribution in [0.5, 0.6) is 0 Å². The predicted octanol–water partition coefficient (Wildman–Crippen LogP) is 2.37.